The van der Waals surface area contributed by atoms with E-state index in [9.17, 15) is 5.11 Å². The molecule has 0 fully saturated rings. The third kappa shape index (κ3) is 1.87. The molecule has 0 spiro atoms. The topological polar surface area (TPSA) is 60.4 Å². The summed E-state index contributed by atoms with van der Waals surface area (Å²) in [4.78, 5) is 2.30. The molecule has 6 rings (SSSR count). The number of hydrogen-bond acceptors (Lipinski definition) is 6. The maximum absolute atomic E-state index is 11.3. The Balaban J connectivity index is 1.58. The molecule has 2 aromatic rings. The van der Waals surface area contributed by atoms with Gasteiger partial charge in [0.05, 0.1) is 6.10 Å². The molecule has 6 heteroatoms. The lowest BCUT2D eigenvalue weighted by molar-refractivity contribution is -0.000315. The van der Waals surface area contributed by atoms with E-state index in [1.54, 1.807) is 0 Å². The first-order chi connectivity index (χ1) is 13.1. The predicted molar refractivity (Wildman–Crippen MR) is 96.4 cm³/mol. The second-order valence-electron chi connectivity index (χ2n) is 8.05. The first-order valence-electron chi connectivity index (χ1n) is 9.30. The zero-order chi connectivity index (χ0) is 18.3. The first-order valence-corrected chi connectivity index (χ1v) is 9.30. The smallest absolute Gasteiger partial charge is 0.231 e. The van der Waals surface area contributed by atoms with Crippen LogP contribution < -0.4 is 18.9 Å². The van der Waals surface area contributed by atoms with Crippen LogP contribution in [0.3, 0.4) is 0 Å². The molecular weight excluding hydrogens is 346 g/mol. The van der Waals surface area contributed by atoms with Crippen LogP contribution >= 0.6 is 0 Å². The van der Waals surface area contributed by atoms with Crippen LogP contribution in [0.2, 0.25) is 0 Å². The Labute approximate surface area is 157 Å². The predicted octanol–water partition coefficient (Wildman–Crippen LogP) is 2.51. The molecule has 0 bridgehead atoms. The summed E-state index contributed by atoms with van der Waals surface area (Å²) >= 11 is 0. The van der Waals surface area contributed by atoms with Crippen LogP contribution in [-0.4, -0.2) is 36.7 Å². The van der Waals surface area contributed by atoms with Gasteiger partial charge in [0.2, 0.25) is 13.6 Å². The van der Waals surface area contributed by atoms with E-state index in [0.717, 1.165) is 46.2 Å². The van der Waals surface area contributed by atoms with E-state index in [2.05, 4.69) is 31.0 Å². The van der Waals surface area contributed by atoms with Gasteiger partial charge in [0.1, 0.15) is 0 Å². The van der Waals surface area contributed by atoms with E-state index in [1.165, 1.54) is 5.56 Å². The number of aliphatic hydroxyl groups is 1. The van der Waals surface area contributed by atoms with E-state index >= 15 is 0 Å². The second-order valence-corrected chi connectivity index (χ2v) is 8.05. The Morgan fingerprint density at radius 2 is 1.78 bits per heavy atom. The third-order valence-corrected chi connectivity index (χ3v) is 6.67. The largest absolute Gasteiger partial charge is 0.454 e. The Bertz CT molecular complexity index is 974. The highest BCUT2D eigenvalue weighted by Gasteiger charge is 2.53. The molecule has 0 saturated carbocycles. The summed E-state index contributed by atoms with van der Waals surface area (Å²) in [5, 5.41) is 11.3. The molecule has 0 radical (unpaired) electrons. The highest BCUT2D eigenvalue weighted by Crippen LogP contribution is 2.57. The fourth-order valence-electron chi connectivity index (χ4n) is 5.41. The molecule has 4 aliphatic rings. The highest BCUT2D eigenvalue weighted by atomic mass is 16.7. The van der Waals surface area contributed by atoms with Gasteiger partial charge in [0.15, 0.2) is 23.0 Å². The summed E-state index contributed by atoms with van der Waals surface area (Å²) in [5.74, 6) is 3.17. The Hall–Kier alpha value is -2.44. The van der Waals surface area contributed by atoms with Crippen molar-refractivity contribution in [3.05, 3.63) is 46.5 Å². The molecule has 3 heterocycles. The molecule has 1 N–H and O–H groups in total. The number of benzene rings is 2. The highest BCUT2D eigenvalue weighted by molar-refractivity contribution is 5.59. The zero-order valence-electron chi connectivity index (χ0n) is 15.3. The SMILES string of the molecule is CN1Cc2c(ccc3c2OCO3)[C@]2(C)C1c1cc3c(cc1C[C@H]2O)OCO3. The van der Waals surface area contributed by atoms with Gasteiger partial charge in [-0.1, -0.05) is 13.0 Å². The standard InChI is InChI=1S/C21H21NO5/c1-21-14-3-4-15-19(27-10-24-15)13(14)8-22(2)20(21)12-7-17-16(25-9-26-17)5-11(12)6-18(21)23/h3-5,7,18,20,23H,6,8-10H2,1-2H3/t18-,20?,21+/m1/s1. The molecule has 6 nitrogen and oxygen atoms in total. The monoisotopic (exact) mass is 367 g/mol. The van der Waals surface area contributed by atoms with E-state index in [-0.39, 0.29) is 19.6 Å². The maximum atomic E-state index is 11.3. The third-order valence-electron chi connectivity index (χ3n) is 6.67. The van der Waals surface area contributed by atoms with E-state index in [0.29, 0.717) is 6.42 Å². The fourth-order valence-corrected chi connectivity index (χ4v) is 5.41. The lowest BCUT2D eigenvalue weighted by Gasteiger charge is -2.53. The maximum Gasteiger partial charge on any atom is 0.231 e. The van der Waals surface area contributed by atoms with Gasteiger partial charge in [-0.2, -0.15) is 0 Å². The van der Waals surface area contributed by atoms with Gasteiger partial charge in [-0.25, -0.2) is 0 Å². The molecule has 3 aliphatic heterocycles. The number of fused-ring (bicyclic) bond motifs is 8. The number of ether oxygens (including phenoxy) is 4. The van der Waals surface area contributed by atoms with Crippen LogP contribution in [0.5, 0.6) is 23.0 Å². The first kappa shape index (κ1) is 15.6. The molecule has 2 aromatic carbocycles. The van der Waals surface area contributed by atoms with Gasteiger partial charge < -0.3 is 24.1 Å². The van der Waals surface area contributed by atoms with E-state index < -0.39 is 11.5 Å². The van der Waals surface area contributed by atoms with Crippen LogP contribution in [0.25, 0.3) is 0 Å². The van der Waals surface area contributed by atoms with Gasteiger partial charge in [-0.05, 0) is 48.4 Å². The lowest BCUT2D eigenvalue weighted by atomic mass is 9.60. The van der Waals surface area contributed by atoms with Crippen molar-refractivity contribution < 1.29 is 24.1 Å². The quantitative estimate of drug-likeness (QED) is 0.772. The van der Waals surface area contributed by atoms with E-state index in [1.807, 2.05) is 12.1 Å². The minimum Gasteiger partial charge on any atom is -0.454 e. The number of hydrogen-bond donors (Lipinski definition) is 1. The van der Waals surface area contributed by atoms with Crippen LogP contribution in [0.1, 0.15) is 35.2 Å². The molecule has 27 heavy (non-hydrogen) atoms. The Morgan fingerprint density at radius 1 is 1.04 bits per heavy atom. The van der Waals surface area contributed by atoms with Crippen molar-refractivity contribution in [2.75, 3.05) is 20.6 Å². The van der Waals surface area contributed by atoms with Crippen LogP contribution in [0, 0.1) is 0 Å². The number of likely N-dealkylation sites (N-methyl/N-ethyl adjacent to an activating group) is 1. The fraction of sp³-hybridized carbons (Fsp3) is 0.429. The molecule has 140 valence electrons. The van der Waals surface area contributed by atoms with Crippen molar-refractivity contribution in [2.45, 2.75) is 37.5 Å². The van der Waals surface area contributed by atoms with Crippen molar-refractivity contribution >= 4 is 0 Å². The van der Waals surface area contributed by atoms with Crippen molar-refractivity contribution in [3.8, 4) is 23.0 Å². The Kier molecular flexibility index (Phi) is 2.94. The number of aliphatic hydroxyl groups excluding tert-OH is 1. The van der Waals surface area contributed by atoms with Gasteiger partial charge >= 0.3 is 0 Å². The molecule has 0 saturated heterocycles. The minimum atomic E-state index is -0.516. The molecule has 3 atom stereocenters. The summed E-state index contributed by atoms with van der Waals surface area (Å²) in [7, 11) is 2.10. The summed E-state index contributed by atoms with van der Waals surface area (Å²) in [6, 6.07) is 8.24. The summed E-state index contributed by atoms with van der Waals surface area (Å²) in [5.41, 5.74) is 4.15. The van der Waals surface area contributed by atoms with Crippen molar-refractivity contribution in [1.29, 1.82) is 0 Å². The van der Waals surface area contributed by atoms with Crippen molar-refractivity contribution in [1.82, 2.24) is 4.90 Å². The summed E-state index contributed by atoms with van der Waals surface area (Å²) in [6.07, 6.45) is 0.0676. The normalized spacial score (nSPS) is 29.9. The molecule has 0 aromatic heterocycles. The molecular formula is C21H21NO5. The van der Waals surface area contributed by atoms with Crippen LogP contribution in [0.15, 0.2) is 24.3 Å². The van der Waals surface area contributed by atoms with Crippen molar-refractivity contribution in [3.63, 3.8) is 0 Å². The second kappa shape index (κ2) is 5.09. The minimum absolute atomic E-state index is 0.0404. The number of rotatable bonds is 0. The van der Waals surface area contributed by atoms with Gasteiger partial charge in [0.25, 0.3) is 0 Å². The van der Waals surface area contributed by atoms with Gasteiger partial charge in [0, 0.05) is 23.6 Å². The van der Waals surface area contributed by atoms with Gasteiger partial charge in [-0.3, -0.25) is 4.90 Å². The summed E-state index contributed by atoms with van der Waals surface area (Å²) in [6.45, 7) is 3.41. The van der Waals surface area contributed by atoms with E-state index in [4.69, 9.17) is 18.9 Å². The van der Waals surface area contributed by atoms with Crippen molar-refractivity contribution in [2.24, 2.45) is 0 Å². The Morgan fingerprint density at radius 3 is 2.63 bits per heavy atom. The lowest BCUT2D eigenvalue weighted by Crippen LogP contribution is -2.55. The molecule has 1 aliphatic carbocycles. The van der Waals surface area contributed by atoms with Crippen LogP contribution in [0.4, 0.5) is 0 Å². The molecule has 1 unspecified atom stereocenters. The zero-order valence-corrected chi connectivity index (χ0v) is 15.3. The van der Waals surface area contributed by atoms with Gasteiger partial charge in [-0.15, -0.1) is 0 Å². The summed E-state index contributed by atoms with van der Waals surface area (Å²) < 4.78 is 22.5. The average Bonchev–Trinajstić information content (AvgIpc) is 3.29. The number of nitrogens with zero attached hydrogens (tertiary/aromatic N) is 1. The van der Waals surface area contributed by atoms with Crippen LogP contribution in [-0.2, 0) is 18.4 Å². The average molecular weight is 367 g/mol. The molecule has 0 amide bonds.